The van der Waals surface area contributed by atoms with Gasteiger partial charge in [0.05, 0.1) is 5.41 Å². The van der Waals surface area contributed by atoms with Crippen molar-refractivity contribution in [3.05, 3.63) is 24.4 Å². The maximum Gasteiger partial charge on any atom is 0.230 e. The fraction of sp³-hybridized carbons (Fsp3) is 0.682. The van der Waals surface area contributed by atoms with Gasteiger partial charge in [0.15, 0.2) is 0 Å². The molecule has 3 fully saturated rings. The summed E-state index contributed by atoms with van der Waals surface area (Å²) in [7, 11) is 3.70. The number of carbonyl (C=O) groups is 2. The number of hydrogen-bond acceptors (Lipinski definition) is 4. The molecule has 0 unspecified atom stereocenters. The van der Waals surface area contributed by atoms with Gasteiger partial charge in [0.2, 0.25) is 11.8 Å². The lowest BCUT2D eigenvalue weighted by molar-refractivity contribution is -0.142. The Kier molecular flexibility index (Phi) is 5.30. The molecule has 0 bridgehead atoms. The van der Waals surface area contributed by atoms with Gasteiger partial charge in [-0.2, -0.15) is 0 Å². The van der Waals surface area contributed by atoms with Crippen LogP contribution in [-0.2, 0) is 9.59 Å². The average Bonchev–Trinajstić information content (AvgIpc) is 3.33. The number of pyridine rings is 1. The highest BCUT2D eigenvalue weighted by atomic mass is 16.2. The predicted molar refractivity (Wildman–Crippen MR) is 109 cm³/mol. The van der Waals surface area contributed by atoms with E-state index < -0.39 is 5.41 Å². The molecule has 3 aliphatic rings. The fourth-order valence-electron chi connectivity index (χ4n) is 5.57. The zero-order valence-corrected chi connectivity index (χ0v) is 17.1. The van der Waals surface area contributed by atoms with E-state index in [1.807, 2.05) is 32.3 Å². The highest BCUT2D eigenvalue weighted by Gasteiger charge is 2.54. The lowest BCUT2D eigenvalue weighted by Crippen LogP contribution is -2.48. The van der Waals surface area contributed by atoms with E-state index in [1.54, 1.807) is 11.1 Å². The van der Waals surface area contributed by atoms with E-state index in [2.05, 4.69) is 14.8 Å². The van der Waals surface area contributed by atoms with Crippen LogP contribution in [-0.4, -0.2) is 66.9 Å². The highest BCUT2D eigenvalue weighted by molar-refractivity contribution is 5.85. The van der Waals surface area contributed by atoms with Gasteiger partial charge in [0.1, 0.15) is 5.82 Å². The van der Waals surface area contributed by atoms with Gasteiger partial charge in [0, 0.05) is 58.3 Å². The minimum atomic E-state index is -0.425. The Hall–Kier alpha value is -2.11. The van der Waals surface area contributed by atoms with E-state index in [1.165, 1.54) is 12.8 Å². The zero-order valence-electron chi connectivity index (χ0n) is 17.1. The zero-order chi connectivity index (χ0) is 19.7. The molecule has 2 amide bonds. The average molecular weight is 385 g/mol. The van der Waals surface area contributed by atoms with Crippen molar-refractivity contribution in [2.24, 2.45) is 17.3 Å². The number of aromatic nitrogens is 1. The third-order valence-corrected chi connectivity index (χ3v) is 7.01. The van der Waals surface area contributed by atoms with Crippen LogP contribution in [0, 0.1) is 17.3 Å². The van der Waals surface area contributed by atoms with Gasteiger partial charge in [-0.3, -0.25) is 9.59 Å². The van der Waals surface area contributed by atoms with Crippen LogP contribution in [0.15, 0.2) is 24.4 Å². The number of hydrogen-bond donors (Lipinski definition) is 0. The first-order valence-electron chi connectivity index (χ1n) is 10.7. The van der Waals surface area contributed by atoms with Crippen LogP contribution in [0.2, 0.25) is 0 Å². The summed E-state index contributed by atoms with van der Waals surface area (Å²) < 4.78 is 0. The van der Waals surface area contributed by atoms with Crippen molar-refractivity contribution >= 4 is 17.6 Å². The number of amides is 2. The molecule has 2 saturated heterocycles. The highest BCUT2D eigenvalue weighted by Crippen LogP contribution is 2.45. The summed E-state index contributed by atoms with van der Waals surface area (Å²) in [6.45, 7) is 2.96. The normalized spacial score (nSPS) is 28.1. The van der Waals surface area contributed by atoms with Gasteiger partial charge >= 0.3 is 0 Å². The van der Waals surface area contributed by atoms with Crippen molar-refractivity contribution in [1.82, 2.24) is 14.8 Å². The summed E-state index contributed by atoms with van der Waals surface area (Å²) in [5.74, 6) is 1.80. The summed E-state index contributed by atoms with van der Waals surface area (Å²) in [6, 6.07) is 5.92. The van der Waals surface area contributed by atoms with Gasteiger partial charge in [-0.25, -0.2) is 4.98 Å². The minimum Gasteiger partial charge on any atom is -0.355 e. The van der Waals surface area contributed by atoms with E-state index in [-0.39, 0.29) is 17.7 Å². The van der Waals surface area contributed by atoms with Crippen molar-refractivity contribution in [2.45, 2.75) is 38.5 Å². The van der Waals surface area contributed by atoms with E-state index in [4.69, 9.17) is 0 Å². The second-order valence-corrected chi connectivity index (χ2v) is 8.99. The van der Waals surface area contributed by atoms with Crippen LogP contribution in [0.25, 0.3) is 0 Å². The molecule has 1 aromatic rings. The minimum absolute atomic E-state index is 0.150. The molecule has 6 nitrogen and oxygen atoms in total. The van der Waals surface area contributed by atoms with Gasteiger partial charge in [-0.15, -0.1) is 0 Å². The Morgan fingerprint density at radius 2 is 1.93 bits per heavy atom. The first-order valence-corrected chi connectivity index (χ1v) is 10.7. The van der Waals surface area contributed by atoms with Crippen LogP contribution in [0.4, 0.5) is 5.82 Å². The Balaban J connectivity index is 1.60. The third kappa shape index (κ3) is 3.38. The van der Waals surface area contributed by atoms with Gasteiger partial charge < -0.3 is 14.7 Å². The maximum absolute atomic E-state index is 13.3. The van der Waals surface area contributed by atoms with Crippen LogP contribution < -0.4 is 4.90 Å². The lowest BCUT2D eigenvalue weighted by Gasteiger charge is -2.34. The number of carbonyl (C=O) groups excluding carboxylic acids is 2. The molecule has 2 aliphatic heterocycles. The molecule has 28 heavy (non-hydrogen) atoms. The second-order valence-electron chi connectivity index (χ2n) is 8.99. The lowest BCUT2D eigenvalue weighted by atomic mass is 9.74. The number of nitrogens with zero attached hydrogens (tertiary/aromatic N) is 4. The second kappa shape index (κ2) is 7.72. The standard InChI is InChI=1S/C22H32N4O2/c1-24(2)21(28)22-11-7-13-25(20(27)17-8-3-4-9-17)14-18(22)15-26(16-22)19-10-5-6-12-23-19/h5-6,10,12,17-18H,3-4,7-9,11,13-16H2,1-2H3/t18-,22-/m1/s1. The van der Waals surface area contributed by atoms with E-state index >= 15 is 0 Å². The van der Waals surface area contributed by atoms with Gasteiger partial charge in [-0.05, 0) is 37.8 Å². The van der Waals surface area contributed by atoms with Gasteiger partial charge in [0.25, 0.3) is 0 Å². The molecular formula is C22H32N4O2. The number of fused-ring (bicyclic) bond motifs is 1. The molecule has 1 aliphatic carbocycles. The SMILES string of the molecule is CN(C)C(=O)[C@@]12CCCN(C(=O)C3CCCC3)C[C@@H]1CN(c1ccccn1)C2. The molecule has 0 N–H and O–H groups in total. The smallest absolute Gasteiger partial charge is 0.230 e. The van der Waals surface area contributed by atoms with Crippen molar-refractivity contribution in [1.29, 1.82) is 0 Å². The summed E-state index contributed by atoms with van der Waals surface area (Å²) in [5.41, 5.74) is -0.425. The first-order chi connectivity index (χ1) is 13.5. The summed E-state index contributed by atoms with van der Waals surface area (Å²) in [5, 5.41) is 0. The Labute approximate surface area is 167 Å². The molecule has 6 heteroatoms. The number of rotatable bonds is 3. The van der Waals surface area contributed by atoms with Crippen LogP contribution in [0.1, 0.15) is 38.5 Å². The van der Waals surface area contributed by atoms with Crippen LogP contribution >= 0.6 is 0 Å². The monoisotopic (exact) mass is 384 g/mol. The molecule has 0 radical (unpaired) electrons. The van der Waals surface area contributed by atoms with Crippen molar-refractivity contribution < 1.29 is 9.59 Å². The summed E-state index contributed by atoms with van der Waals surface area (Å²) >= 11 is 0. The van der Waals surface area contributed by atoms with Crippen molar-refractivity contribution in [2.75, 3.05) is 45.2 Å². The topological polar surface area (TPSA) is 56.8 Å². The van der Waals surface area contributed by atoms with E-state index in [0.29, 0.717) is 19.0 Å². The fourth-order valence-corrected chi connectivity index (χ4v) is 5.57. The quantitative estimate of drug-likeness (QED) is 0.803. The van der Waals surface area contributed by atoms with Crippen molar-refractivity contribution in [3.8, 4) is 0 Å². The largest absolute Gasteiger partial charge is 0.355 e. The van der Waals surface area contributed by atoms with Crippen LogP contribution in [0.5, 0.6) is 0 Å². The molecule has 4 rings (SSSR count). The first kappa shape index (κ1) is 19.2. The maximum atomic E-state index is 13.3. The molecule has 2 atom stereocenters. The van der Waals surface area contributed by atoms with Gasteiger partial charge in [-0.1, -0.05) is 18.9 Å². The number of anilines is 1. The van der Waals surface area contributed by atoms with E-state index in [9.17, 15) is 9.59 Å². The van der Waals surface area contributed by atoms with E-state index in [0.717, 1.165) is 44.6 Å². The Morgan fingerprint density at radius 1 is 1.14 bits per heavy atom. The molecule has 152 valence electrons. The third-order valence-electron chi connectivity index (χ3n) is 7.01. The summed E-state index contributed by atoms with van der Waals surface area (Å²) in [4.78, 5) is 37.0. The molecule has 3 heterocycles. The Morgan fingerprint density at radius 3 is 2.61 bits per heavy atom. The molecule has 0 aromatic carbocycles. The van der Waals surface area contributed by atoms with Crippen molar-refractivity contribution in [3.63, 3.8) is 0 Å². The predicted octanol–water partition coefficient (Wildman–Crippen LogP) is 2.41. The molecule has 1 aromatic heterocycles. The molecule has 1 saturated carbocycles. The van der Waals surface area contributed by atoms with Crippen LogP contribution in [0.3, 0.4) is 0 Å². The summed E-state index contributed by atoms with van der Waals surface area (Å²) in [6.07, 6.45) is 7.94. The molecule has 0 spiro atoms. The molecular weight excluding hydrogens is 352 g/mol. The Bertz CT molecular complexity index is 717. The number of likely N-dealkylation sites (tertiary alicyclic amines) is 1.